The van der Waals surface area contributed by atoms with Crippen molar-refractivity contribution in [1.82, 2.24) is 4.98 Å². The van der Waals surface area contributed by atoms with Gasteiger partial charge in [-0.15, -0.1) is 0 Å². The lowest BCUT2D eigenvalue weighted by Crippen LogP contribution is -2.26. The van der Waals surface area contributed by atoms with Gasteiger partial charge < -0.3 is 9.47 Å². The molecule has 0 N–H and O–H groups in total. The monoisotopic (exact) mass is 223 g/mol. The highest BCUT2D eigenvalue weighted by Crippen LogP contribution is 2.16. The first-order chi connectivity index (χ1) is 7.84. The van der Waals surface area contributed by atoms with E-state index in [0.29, 0.717) is 0 Å². The van der Waals surface area contributed by atoms with Gasteiger partial charge in [0.15, 0.2) is 0 Å². The fraction of sp³-hybridized carbons (Fsp3) is 0.615. The van der Waals surface area contributed by atoms with E-state index in [2.05, 4.69) is 4.98 Å². The van der Waals surface area contributed by atoms with Gasteiger partial charge in [0.1, 0.15) is 6.10 Å². The van der Waals surface area contributed by atoms with Crippen LogP contribution in [-0.4, -0.2) is 24.3 Å². The summed E-state index contributed by atoms with van der Waals surface area (Å²) in [6.07, 6.45) is 3.99. The average Bonchev–Trinajstić information content (AvgIpc) is 2.33. The molecule has 1 fully saturated rings. The molecule has 0 radical (unpaired) electrons. The van der Waals surface area contributed by atoms with Crippen molar-refractivity contribution in [2.45, 2.75) is 39.7 Å². The number of nitrogens with zero attached hydrogens (tertiary/aromatic N) is 1. The Kier molecular flexibility index (Phi) is 5.86. The molecule has 0 aromatic carbocycles. The molecule has 1 aromatic rings. The van der Waals surface area contributed by atoms with Crippen molar-refractivity contribution in [3.05, 3.63) is 23.9 Å². The predicted octanol–water partition coefficient (Wildman–Crippen LogP) is 2.97. The van der Waals surface area contributed by atoms with Crippen LogP contribution < -0.4 is 4.74 Å². The van der Waals surface area contributed by atoms with Crippen LogP contribution in [0.25, 0.3) is 0 Å². The van der Waals surface area contributed by atoms with Gasteiger partial charge in [-0.2, -0.15) is 0 Å². The maximum atomic E-state index is 5.74. The Morgan fingerprint density at radius 1 is 1.31 bits per heavy atom. The Labute approximate surface area is 97.8 Å². The fourth-order valence-corrected chi connectivity index (χ4v) is 1.54. The number of hydrogen-bond donors (Lipinski definition) is 0. The van der Waals surface area contributed by atoms with E-state index < -0.39 is 0 Å². The lowest BCUT2D eigenvalue weighted by atomic mass is 10.1. The summed E-state index contributed by atoms with van der Waals surface area (Å²) in [5.41, 5.74) is 1.18. The third kappa shape index (κ3) is 4.19. The first-order valence-corrected chi connectivity index (χ1v) is 6.01. The van der Waals surface area contributed by atoms with Gasteiger partial charge in [0.2, 0.25) is 5.88 Å². The van der Waals surface area contributed by atoms with Crippen molar-refractivity contribution >= 4 is 0 Å². The third-order valence-corrected chi connectivity index (χ3v) is 2.35. The molecule has 0 amide bonds. The number of rotatable bonds is 2. The third-order valence-electron chi connectivity index (χ3n) is 2.35. The average molecular weight is 223 g/mol. The van der Waals surface area contributed by atoms with E-state index in [9.17, 15) is 0 Å². The maximum Gasteiger partial charge on any atom is 0.213 e. The minimum Gasteiger partial charge on any atom is -0.474 e. The summed E-state index contributed by atoms with van der Waals surface area (Å²) in [7, 11) is 0. The zero-order valence-electron chi connectivity index (χ0n) is 10.4. The van der Waals surface area contributed by atoms with Crippen LogP contribution in [0.2, 0.25) is 0 Å². The molecular weight excluding hydrogens is 202 g/mol. The van der Waals surface area contributed by atoms with E-state index in [1.54, 1.807) is 6.20 Å². The second kappa shape index (κ2) is 7.23. The zero-order valence-corrected chi connectivity index (χ0v) is 10.4. The summed E-state index contributed by atoms with van der Waals surface area (Å²) in [5.74, 6) is 0.733. The van der Waals surface area contributed by atoms with E-state index >= 15 is 0 Å². The molecule has 0 spiro atoms. The summed E-state index contributed by atoms with van der Waals surface area (Å²) >= 11 is 0. The van der Waals surface area contributed by atoms with Crippen molar-refractivity contribution in [3.63, 3.8) is 0 Å². The standard InChI is InChI=1S/C11H15NO2.C2H6/c1-9-2-5-12-11(8-9)14-10-3-6-13-7-4-10;1-2/h2,5,8,10H,3-4,6-7H2,1H3;1-2H3. The van der Waals surface area contributed by atoms with Gasteiger partial charge in [0, 0.05) is 25.1 Å². The van der Waals surface area contributed by atoms with Crippen molar-refractivity contribution in [1.29, 1.82) is 0 Å². The number of ether oxygens (including phenoxy) is 2. The summed E-state index contributed by atoms with van der Waals surface area (Å²) < 4.78 is 11.0. The fourth-order valence-electron chi connectivity index (χ4n) is 1.54. The molecule has 90 valence electrons. The Morgan fingerprint density at radius 2 is 2.00 bits per heavy atom. The van der Waals surface area contributed by atoms with Crippen LogP contribution in [0, 0.1) is 6.92 Å². The lowest BCUT2D eigenvalue weighted by molar-refractivity contribution is 0.0237. The van der Waals surface area contributed by atoms with Crippen LogP contribution in [0.3, 0.4) is 0 Å². The molecule has 1 aliphatic rings. The van der Waals surface area contributed by atoms with Gasteiger partial charge in [-0.1, -0.05) is 13.8 Å². The molecule has 0 atom stereocenters. The Hall–Kier alpha value is -1.09. The molecule has 1 saturated heterocycles. The molecule has 2 rings (SSSR count). The molecule has 2 heterocycles. The molecule has 1 aliphatic heterocycles. The van der Waals surface area contributed by atoms with Gasteiger partial charge in [-0.25, -0.2) is 4.98 Å². The van der Waals surface area contributed by atoms with Gasteiger partial charge >= 0.3 is 0 Å². The molecule has 0 saturated carbocycles. The quantitative estimate of drug-likeness (QED) is 0.772. The van der Waals surface area contributed by atoms with E-state index in [1.807, 2.05) is 32.9 Å². The highest BCUT2D eigenvalue weighted by atomic mass is 16.5. The largest absolute Gasteiger partial charge is 0.474 e. The van der Waals surface area contributed by atoms with Crippen LogP contribution in [-0.2, 0) is 4.74 Å². The van der Waals surface area contributed by atoms with Crippen molar-refractivity contribution in [2.75, 3.05) is 13.2 Å². The topological polar surface area (TPSA) is 31.4 Å². The van der Waals surface area contributed by atoms with Crippen LogP contribution in [0.15, 0.2) is 18.3 Å². The van der Waals surface area contributed by atoms with Gasteiger partial charge in [-0.3, -0.25) is 0 Å². The van der Waals surface area contributed by atoms with Crippen LogP contribution in [0.1, 0.15) is 32.3 Å². The molecule has 1 aromatic heterocycles. The Balaban J connectivity index is 0.000000606. The molecular formula is C13H21NO2. The second-order valence-corrected chi connectivity index (χ2v) is 3.60. The first kappa shape index (κ1) is 13.0. The van der Waals surface area contributed by atoms with E-state index in [0.717, 1.165) is 31.9 Å². The van der Waals surface area contributed by atoms with Crippen molar-refractivity contribution < 1.29 is 9.47 Å². The van der Waals surface area contributed by atoms with Crippen LogP contribution in [0.4, 0.5) is 0 Å². The van der Waals surface area contributed by atoms with E-state index in [1.165, 1.54) is 5.56 Å². The summed E-state index contributed by atoms with van der Waals surface area (Å²) in [6.45, 7) is 7.64. The van der Waals surface area contributed by atoms with E-state index in [-0.39, 0.29) is 6.10 Å². The summed E-state index contributed by atoms with van der Waals surface area (Å²) in [6, 6.07) is 3.94. The molecule has 3 nitrogen and oxygen atoms in total. The molecule has 0 bridgehead atoms. The number of aromatic nitrogens is 1. The van der Waals surface area contributed by atoms with Crippen molar-refractivity contribution in [2.24, 2.45) is 0 Å². The van der Waals surface area contributed by atoms with Gasteiger partial charge in [0.05, 0.1) is 13.2 Å². The molecule has 0 unspecified atom stereocenters. The normalized spacial score (nSPS) is 16.2. The highest BCUT2D eigenvalue weighted by Gasteiger charge is 2.15. The number of hydrogen-bond acceptors (Lipinski definition) is 3. The second-order valence-electron chi connectivity index (χ2n) is 3.60. The maximum absolute atomic E-state index is 5.74. The highest BCUT2D eigenvalue weighted by molar-refractivity contribution is 5.18. The molecule has 3 heteroatoms. The Morgan fingerprint density at radius 3 is 2.62 bits per heavy atom. The van der Waals surface area contributed by atoms with Crippen molar-refractivity contribution in [3.8, 4) is 5.88 Å². The lowest BCUT2D eigenvalue weighted by Gasteiger charge is -2.22. The Bertz CT molecular complexity index is 296. The van der Waals surface area contributed by atoms with Crippen LogP contribution in [0.5, 0.6) is 5.88 Å². The number of aryl methyl sites for hydroxylation is 1. The number of pyridine rings is 1. The summed E-state index contributed by atoms with van der Waals surface area (Å²) in [5, 5.41) is 0. The minimum absolute atomic E-state index is 0.276. The van der Waals surface area contributed by atoms with Gasteiger partial charge in [-0.05, 0) is 18.6 Å². The predicted molar refractivity (Wildman–Crippen MR) is 64.8 cm³/mol. The smallest absolute Gasteiger partial charge is 0.213 e. The SMILES string of the molecule is CC.Cc1ccnc(OC2CCOCC2)c1. The first-order valence-electron chi connectivity index (χ1n) is 6.01. The molecule has 16 heavy (non-hydrogen) atoms. The summed E-state index contributed by atoms with van der Waals surface area (Å²) in [4.78, 5) is 4.17. The molecule has 0 aliphatic carbocycles. The van der Waals surface area contributed by atoms with E-state index in [4.69, 9.17) is 9.47 Å². The van der Waals surface area contributed by atoms with Gasteiger partial charge in [0.25, 0.3) is 0 Å². The van der Waals surface area contributed by atoms with Crippen LogP contribution >= 0.6 is 0 Å². The zero-order chi connectivity index (χ0) is 11.8. The minimum atomic E-state index is 0.276.